The molecule has 0 aromatic carbocycles. The maximum atomic E-state index is 13.0. The van der Waals surface area contributed by atoms with E-state index in [9.17, 15) is 9.59 Å². The van der Waals surface area contributed by atoms with Crippen molar-refractivity contribution in [1.29, 1.82) is 0 Å². The molecular formula is C46H86N2O4S. The van der Waals surface area contributed by atoms with Crippen LogP contribution in [0.2, 0.25) is 0 Å². The topological polar surface area (TPSA) is 59.1 Å². The summed E-state index contributed by atoms with van der Waals surface area (Å²) in [7, 11) is 4.02. The second kappa shape index (κ2) is 41.4. The molecule has 0 unspecified atom stereocenters. The average molecular weight is 763 g/mol. The number of unbranched alkanes of at least 4 members (excludes halogenated alkanes) is 22. The van der Waals surface area contributed by atoms with Crippen LogP contribution in [-0.4, -0.2) is 73.7 Å². The predicted molar refractivity (Wildman–Crippen MR) is 233 cm³/mol. The van der Waals surface area contributed by atoms with Crippen LogP contribution in [-0.2, 0) is 14.3 Å². The third-order valence-electron chi connectivity index (χ3n) is 9.67. The van der Waals surface area contributed by atoms with E-state index in [1.807, 2.05) is 14.1 Å². The Kier molecular flexibility index (Phi) is 40.1. The van der Waals surface area contributed by atoms with E-state index >= 15 is 0 Å². The first-order valence-electron chi connectivity index (χ1n) is 22.2. The van der Waals surface area contributed by atoms with Crippen LogP contribution < -0.4 is 0 Å². The highest BCUT2D eigenvalue weighted by Gasteiger charge is 2.15. The fraction of sp³-hybridized carbons (Fsp3) is 0.826. The minimum atomic E-state index is -0.167. The molecule has 6 nitrogen and oxygen atoms in total. The number of rotatable bonds is 40. The molecule has 0 heterocycles. The quantitative estimate of drug-likeness (QED) is 0.0268. The molecule has 0 rings (SSSR count). The summed E-state index contributed by atoms with van der Waals surface area (Å²) in [5.74, 6) is 1.35. The van der Waals surface area contributed by atoms with Crippen molar-refractivity contribution < 1.29 is 19.1 Å². The third kappa shape index (κ3) is 39.8. The molecule has 0 atom stereocenters. The van der Waals surface area contributed by atoms with E-state index in [-0.39, 0.29) is 17.8 Å². The van der Waals surface area contributed by atoms with Crippen LogP contribution in [0.5, 0.6) is 0 Å². The molecule has 1 amide bonds. The fourth-order valence-electron chi connectivity index (χ4n) is 6.15. The number of carbonyl (C=O) groups excluding carboxylic acids is 2. The Balaban J connectivity index is 4.06. The lowest BCUT2D eigenvalue weighted by atomic mass is 10.1. The van der Waals surface area contributed by atoms with Crippen LogP contribution in [0.3, 0.4) is 0 Å². The van der Waals surface area contributed by atoms with Crippen molar-refractivity contribution in [2.24, 2.45) is 0 Å². The van der Waals surface area contributed by atoms with Gasteiger partial charge in [0.1, 0.15) is 13.2 Å². The highest BCUT2D eigenvalue weighted by molar-refractivity contribution is 8.13. The van der Waals surface area contributed by atoms with Gasteiger partial charge in [-0.3, -0.25) is 9.59 Å². The molecule has 0 aromatic heterocycles. The first-order valence-corrected chi connectivity index (χ1v) is 23.2. The molecule has 0 bridgehead atoms. The summed E-state index contributed by atoms with van der Waals surface area (Å²) in [6, 6.07) is 0. The molecule has 0 aromatic rings. The Labute approximate surface area is 333 Å². The maximum Gasteiger partial charge on any atom is 0.305 e. The monoisotopic (exact) mass is 763 g/mol. The van der Waals surface area contributed by atoms with Crippen LogP contribution in [0.15, 0.2) is 36.6 Å². The van der Waals surface area contributed by atoms with Crippen LogP contribution in [0.1, 0.15) is 194 Å². The number of esters is 1. The predicted octanol–water partition coefficient (Wildman–Crippen LogP) is 13.9. The Morgan fingerprint density at radius 3 is 1.38 bits per heavy atom. The summed E-state index contributed by atoms with van der Waals surface area (Å²) in [5.41, 5.74) is 0. The minimum Gasteiger partial charge on any atom is -0.497 e. The van der Waals surface area contributed by atoms with Crippen LogP contribution >= 0.6 is 11.8 Å². The molecule has 0 spiro atoms. The van der Waals surface area contributed by atoms with Gasteiger partial charge in [-0.1, -0.05) is 159 Å². The van der Waals surface area contributed by atoms with E-state index in [2.05, 4.69) is 49.6 Å². The first-order chi connectivity index (χ1) is 25.9. The van der Waals surface area contributed by atoms with Crippen LogP contribution in [0, 0.1) is 0 Å². The normalized spacial score (nSPS) is 11.6. The van der Waals surface area contributed by atoms with Gasteiger partial charge in [0, 0.05) is 25.1 Å². The number of amides is 1. The standard InChI is InChI=1S/C46H86N2O4S/c1-6-8-10-12-14-16-18-20-22-24-26-28-30-32-34-36-44(3)51-41-38-48(46(50)53-43-40-47(4)5)39-42-52-45(49)37-35-33-31-29-27-25-23-21-19-17-15-13-11-9-7-2/h20-23H,3,6-19,24-43H2,1-2,4-5H3/b22-20-,23-21-. The van der Waals surface area contributed by atoms with Crippen molar-refractivity contribution in [2.45, 2.75) is 194 Å². The van der Waals surface area contributed by atoms with Crippen molar-refractivity contribution in [1.82, 2.24) is 9.80 Å². The van der Waals surface area contributed by atoms with Crippen molar-refractivity contribution >= 4 is 23.0 Å². The molecule has 0 aliphatic rings. The lowest BCUT2D eigenvalue weighted by Gasteiger charge is -2.23. The van der Waals surface area contributed by atoms with Gasteiger partial charge < -0.3 is 19.3 Å². The number of nitrogens with zero attached hydrogens (tertiary/aromatic N) is 2. The third-order valence-corrected chi connectivity index (χ3v) is 10.6. The van der Waals surface area contributed by atoms with E-state index in [0.717, 1.165) is 56.6 Å². The molecule has 7 heteroatoms. The summed E-state index contributed by atoms with van der Waals surface area (Å²) in [6.45, 7) is 11.0. The lowest BCUT2D eigenvalue weighted by molar-refractivity contribution is -0.144. The Bertz CT molecular complexity index is 833. The Morgan fingerprint density at radius 2 is 0.925 bits per heavy atom. The number of hydrogen-bond acceptors (Lipinski definition) is 6. The van der Waals surface area contributed by atoms with E-state index in [4.69, 9.17) is 9.47 Å². The lowest BCUT2D eigenvalue weighted by Crippen LogP contribution is -2.35. The molecule has 53 heavy (non-hydrogen) atoms. The van der Waals surface area contributed by atoms with Crippen LogP contribution in [0.25, 0.3) is 0 Å². The van der Waals surface area contributed by atoms with Crippen molar-refractivity contribution in [3.8, 4) is 0 Å². The SMILES string of the molecule is C=C(CCCCCCC/C=C\CCCCCCCC)OCCN(CCOC(=O)CCCCCCC/C=C\CCCCCCCC)C(=O)SCCN(C)C. The summed E-state index contributed by atoms with van der Waals surface area (Å²) in [4.78, 5) is 29.2. The number of ether oxygens (including phenoxy) is 2. The molecule has 310 valence electrons. The fourth-order valence-corrected chi connectivity index (χ4v) is 7.14. The van der Waals surface area contributed by atoms with E-state index in [1.165, 1.54) is 147 Å². The number of allylic oxidation sites excluding steroid dienone is 5. The van der Waals surface area contributed by atoms with Crippen molar-refractivity contribution in [2.75, 3.05) is 52.7 Å². The maximum absolute atomic E-state index is 13.0. The molecule has 0 radical (unpaired) electrons. The summed E-state index contributed by atoms with van der Waals surface area (Å²) < 4.78 is 11.5. The van der Waals surface area contributed by atoms with Gasteiger partial charge in [-0.15, -0.1) is 0 Å². The van der Waals surface area contributed by atoms with E-state index in [1.54, 1.807) is 4.90 Å². The van der Waals surface area contributed by atoms with E-state index < -0.39 is 0 Å². The van der Waals surface area contributed by atoms with Crippen molar-refractivity contribution in [3.05, 3.63) is 36.6 Å². The molecule has 0 fully saturated rings. The number of thioether (sulfide) groups is 1. The first kappa shape index (κ1) is 51.3. The smallest absolute Gasteiger partial charge is 0.305 e. The molecular weight excluding hydrogens is 677 g/mol. The molecule has 0 saturated carbocycles. The van der Waals surface area contributed by atoms with Gasteiger partial charge in [0.25, 0.3) is 5.24 Å². The molecule has 0 aliphatic carbocycles. The number of carbonyl (C=O) groups is 2. The van der Waals surface area contributed by atoms with Gasteiger partial charge in [0.05, 0.1) is 18.8 Å². The highest BCUT2D eigenvalue weighted by Crippen LogP contribution is 2.15. The minimum absolute atomic E-state index is 0.00613. The van der Waals surface area contributed by atoms with Gasteiger partial charge in [0.15, 0.2) is 0 Å². The van der Waals surface area contributed by atoms with Gasteiger partial charge in [0.2, 0.25) is 0 Å². The second-order valence-electron chi connectivity index (χ2n) is 15.2. The zero-order valence-electron chi connectivity index (χ0n) is 35.5. The Morgan fingerprint density at radius 1 is 0.528 bits per heavy atom. The zero-order chi connectivity index (χ0) is 38.9. The zero-order valence-corrected chi connectivity index (χ0v) is 36.3. The summed E-state index contributed by atoms with van der Waals surface area (Å²) >= 11 is 1.31. The second-order valence-corrected chi connectivity index (χ2v) is 16.2. The van der Waals surface area contributed by atoms with Gasteiger partial charge in [-0.2, -0.15) is 0 Å². The van der Waals surface area contributed by atoms with Crippen LogP contribution in [0.4, 0.5) is 4.79 Å². The van der Waals surface area contributed by atoms with Gasteiger partial charge in [-0.05, 0) is 78.3 Å². The average Bonchev–Trinajstić information content (AvgIpc) is 3.14. The Hall–Kier alpha value is -1.73. The van der Waals surface area contributed by atoms with Gasteiger partial charge in [-0.25, -0.2) is 0 Å². The molecule has 0 aliphatic heterocycles. The summed E-state index contributed by atoms with van der Waals surface area (Å²) in [6.07, 6.45) is 43.6. The summed E-state index contributed by atoms with van der Waals surface area (Å²) in [5, 5.41) is 0.00613. The molecule has 0 saturated heterocycles. The molecule has 0 N–H and O–H groups in total. The van der Waals surface area contributed by atoms with E-state index in [0.29, 0.717) is 26.1 Å². The number of hydrogen-bond donors (Lipinski definition) is 0. The van der Waals surface area contributed by atoms with Gasteiger partial charge >= 0.3 is 5.97 Å². The van der Waals surface area contributed by atoms with Crippen molar-refractivity contribution in [3.63, 3.8) is 0 Å². The largest absolute Gasteiger partial charge is 0.497 e. The highest BCUT2D eigenvalue weighted by atomic mass is 32.2.